The first-order valence-electron chi connectivity index (χ1n) is 7.38. The predicted molar refractivity (Wildman–Crippen MR) is 85.1 cm³/mol. The minimum Gasteiger partial charge on any atom is -0.486 e. The molecule has 25 heavy (non-hydrogen) atoms. The highest BCUT2D eigenvalue weighted by atomic mass is 35.5. The topological polar surface area (TPSA) is 47.6 Å². The van der Waals surface area contributed by atoms with Crippen LogP contribution in [0.4, 0.5) is 13.2 Å². The number of alkyl halides is 3. The van der Waals surface area contributed by atoms with Crippen LogP contribution in [-0.4, -0.2) is 19.1 Å². The average molecular weight is 372 g/mol. The molecule has 0 saturated heterocycles. The van der Waals surface area contributed by atoms with Crippen LogP contribution in [0.5, 0.6) is 11.5 Å². The number of benzene rings is 2. The van der Waals surface area contributed by atoms with Crippen molar-refractivity contribution in [3.63, 3.8) is 0 Å². The number of amides is 1. The summed E-state index contributed by atoms with van der Waals surface area (Å²) in [7, 11) is 0. The van der Waals surface area contributed by atoms with E-state index in [0.29, 0.717) is 30.3 Å². The van der Waals surface area contributed by atoms with Gasteiger partial charge in [0.2, 0.25) is 0 Å². The van der Waals surface area contributed by atoms with Crippen LogP contribution in [0.3, 0.4) is 0 Å². The van der Waals surface area contributed by atoms with Gasteiger partial charge in [-0.15, -0.1) is 0 Å². The molecule has 2 aromatic carbocycles. The summed E-state index contributed by atoms with van der Waals surface area (Å²) >= 11 is 6.07. The van der Waals surface area contributed by atoms with Crippen LogP contribution in [0, 0.1) is 0 Å². The lowest BCUT2D eigenvalue weighted by atomic mass is 10.1. The second kappa shape index (κ2) is 6.84. The Bertz CT molecular complexity index is 808. The summed E-state index contributed by atoms with van der Waals surface area (Å²) in [5.74, 6) is 0.265. The zero-order valence-electron chi connectivity index (χ0n) is 12.8. The van der Waals surface area contributed by atoms with E-state index in [0.717, 1.165) is 12.1 Å². The highest BCUT2D eigenvalue weighted by molar-refractivity contribution is 6.32. The molecule has 8 heteroatoms. The van der Waals surface area contributed by atoms with Crippen molar-refractivity contribution in [2.45, 2.75) is 12.7 Å². The Morgan fingerprint density at radius 1 is 1.16 bits per heavy atom. The molecule has 1 heterocycles. The maximum atomic E-state index is 12.7. The van der Waals surface area contributed by atoms with E-state index in [1.807, 2.05) is 0 Å². The molecule has 0 radical (unpaired) electrons. The Balaban J connectivity index is 1.72. The number of hydrogen-bond donors (Lipinski definition) is 1. The standard InChI is InChI=1S/C17H13ClF3NO3/c18-13-7-11(8-14-15(13)25-5-4-24-14)16(23)22-9-10-2-1-3-12(6-10)17(19,20)21/h1-3,6-8H,4-5,9H2,(H,22,23). The number of ether oxygens (including phenoxy) is 2. The maximum absolute atomic E-state index is 12.7. The molecule has 0 atom stereocenters. The van der Waals surface area contributed by atoms with Crippen molar-refractivity contribution in [3.05, 3.63) is 58.1 Å². The summed E-state index contributed by atoms with van der Waals surface area (Å²) in [5.41, 5.74) is -0.185. The van der Waals surface area contributed by atoms with Crippen molar-refractivity contribution < 1.29 is 27.4 Å². The molecule has 1 aliphatic heterocycles. The van der Waals surface area contributed by atoms with Gasteiger partial charge in [-0.25, -0.2) is 0 Å². The molecule has 4 nitrogen and oxygen atoms in total. The van der Waals surface area contributed by atoms with E-state index >= 15 is 0 Å². The van der Waals surface area contributed by atoms with Crippen molar-refractivity contribution in [2.24, 2.45) is 0 Å². The summed E-state index contributed by atoms with van der Waals surface area (Å²) in [6.45, 7) is 0.668. The highest BCUT2D eigenvalue weighted by Gasteiger charge is 2.30. The predicted octanol–water partition coefficient (Wildman–Crippen LogP) is 4.06. The Hall–Kier alpha value is -2.41. The molecular weight excluding hydrogens is 359 g/mol. The third-order valence-electron chi connectivity index (χ3n) is 3.57. The van der Waals surface area contributed by atoms with Crippen LogP contribution in [0.2, 0.25) is 5.02 Å². The van der Waals surface area contributed by atoms with E-state index < -0.39 is 17.6 Å². The molecule has 0 spiro atoms. The Kier molecular flexibility index (Phi) is 4.76. The number of fused-ring (bicyclic) bond motifs is 1. The van der Waals surface area contributed by atoms with Crippen molar-refractivity contribution in [3.8, 4) is 11.5 Å². The van der Waals surface area contributed by atoms with Gasteiger partial charge in [0.1, 0.15) is 13.2 Å². The van der Waals surface area contributed by atoms with E-state index in [4.69, 9.17) is 21.1 Å². The second-order valence-electron chi connectivity index (χ2n) is 5.36. The zero-order chi connectivity index (χ0) is 18.0. The molecule has 0 unspecified atom stereocenters. The van der Waals surface area contributed by atoms with Crippen LogP contribution < -0.4 is 14.8 Å². The highest BCUT2D eigenvalue weighted by Crippen LogP contribution is 2.38. The molecule has 132 valence electrons. The van der Waals surface area contributed by atoms with Gasteiger partial charge in [-0.2, -0.15) is 13.2 Å². The lowest BCUT2D eigenvalue weighted by Gasteiger charge is -2.20. The number of rotatable bonds is 3. The minimum absolute atomic E-state index is 0.0468. The summed E-state index contributed by atoms with van der Waals surface area (Å²) < 4.78 is 48.9. The molecule has 1 aliphatic rings. The van der Waals surface area contributed by atoms with Gasteiger partial charge in [0.25, 0.3) is 5.91 Å². The first-order chi connectivity index (χ1) is 11.8. The summed E-state index contributed by atoms with van der Waals surface area (Å²) in [6.07, 6.45) is -4.43. The molecule has 2 aromatic rings. The molecule has 0 aromatic heterocycles. The van der Waals surface area contributed by atoms with Crippen molar-refractivity contribution in [1.29, 1.82) is 0 Å². The van der Waals surface area contributed by atoms with E-state index in [-0.39, 0.29) is 17.1 Å². The lowest BCUT2D eigenvalue weighted by Crippen LogP contribution is -2.24. The van der Waals surface area contributed by atoms with Crippen molar-refractivity contribution in [2.75, 3.05) is 13.2 Å². The molecule has 1 amide bonds. The number of carbonyl (C=O) groups is 1. The second-order valence-corrected chi connectivity index (χ2v) is 5.77. The smallest absolute Gasteiger partial charge is 0.416 e. The monoisotopic (exact) mass is 371 g/mol. The van der Waals surface area contributed by atoms with Crippen LogP contribution in [0.1, 0.15) is 21.5 Å². The normalized spacial score (nSPS) is 13.4. The SMILES string of the molecule is O=C(NCc1cccc(C(F)(F)F)c1)c1cc(Cl)c2c(c1)OCCO2. The van der Waals surface area contributed by atoms with Gasteiger partial charge >= 0.3 is 6.18 Å². The molecule has 0 aliphatic carbocycles. The van der Waals surface area contributed by atoms with E-state index in [2.05, 4.69) is 5.32 Å². The van der Waals surface area contributed by atoms with Crippen LogP contribution in [-0.2, 0) is 12.7 Å². The Labute approximate surface area is 146 Å². The zero-order valence-corrected chi connectivity index (χ0v) is 13.6. The van der Waals surface area contributed by atoms with E-state index in [1.54, 1.807) is 0 Å². The largest absolute Gasteiger partial charge is 0.486 e. The average Bonchev–Trinajstić information content (AvgIpc) is 2.59. The van der Waals surface area contributed by atoms with Gasteiger partial charge in [0, 0.05) is 12.1 Å². The summed E-state index contributed by atoms with van der Waals surface area (Å²) in [5, 5.41) is 2.80. The summed E-state index contributed by atoms with van der Waals surface area (Å²) in [6, 6.07) is 7.69. The maximum Gasteiger partial charge on any atom is 0.416 e. The first kappa shape index (κ1) is 17.4. The van der Waals surface area contributed by atoms with Crippen molar-refractivity contribution >= 4 is 17.5 Å². The molecule has 0 saturated carbocycles. The fourth-order valence-electron chi connectivity index (χ4n) is 2.38. The van der Waals surface area contributed by atoms with Gasteiger partial charge < -0.3 is 14.8 Å². The first-order valence-corrected chi connectivity index (χ1v) is 7.76. The van der Waals surface area contributed by atoms with Gasteiger partial charge in [-0.05, 0) is 29.8 Å². The van der Waals surface area contributed by atoms with Crippen LogP contribution in [0.15, 0.2) is 36.4 Å². The molecule has 1 N–H and O–H groups in total. The number of halogens is 4. The van der Waals surface area contributed by atoms with E-state index in [1.165, 1.54) is 24.3 Å². The fourth-order valence-corrected chi connectivity index (χ4v) is 2.65. The quantitative estimate of drug-likeness (QED) is 0.885. The third-order valence-corrected chi connectivity index (χ3v) is 3.85. The molecule has 3 rings (SSSR count). The fraction of sp³-hybridized carbons (Fsp3) is 0.235. The van der Waals surface area contributed by atoms with Gasteiger partial charge in [-0.3, -0.25) is 4.79 Å². The lowest BCUT2D eigenvalue weighted by molar-refractivity contribution is -0.137. The Morgan fingerprint density at radius 2 is 1.92 bits per heavy atom. The number of carbonyl (C=O) groups excluding carboxylic acids is 1. The number of hydrogen-bond acceptors (Lipinski definition) is 3. The van der Waals surface area contributed by atoms with Crippen molar-refractivity contribution in [1.82, 2.24) is 5.32 Å². The Morgan fingerprint density at radius 3 is 2.68 bits per heavy atom. The van der Waals surface area contributed by atoms with Crippen LogP contribution >= 0.6 is 11.6 Å². The van der Waals surface area contributed by atoms with Gasteiger partial charge in [0.15, 0.2) is 11.5 Å². The minimum atomic E-state index is -4.43. The third kappa shape index (κ3) is 3.99. The molecular formula is C17H13ClF3NO3. The van der Waals surface area contributed by atoms with Gasteiger partial charge in [0.05, 0.1) is 10.6 Å². The molecule has 0 bridgehead atoms. The van der Waals surface area contributed by atoms with Crippen LogP contribution in [0.25, 0.3) is 0 Å². The number of nitrogens with one attached hydrogen (secondary N) is 1. The molecule has 0 fully saturated rings. The van der Waals surface area contributed by atoms with Gasteiger partial charge in [-0.1, -0.05) is 23.7 Å². The summed E-state index contributed by atoms with van der Waals surface area (Å²) in [4.78, 5) is 12.2. The van der Waals surface area contributed by atoms with E-state index in [9.17, 15) is 18.0 Å².